The molecule has 18 heavy (non-hydrogen) atoms. The Morgan fingerprint density at radius 2 is 2.11 bits per heavy atom. The van der Waals surface area contributed by atoms with E-state index in [0.29, 0.717) is 12.0 Å². The third-order valence-corrected chi connectivity index (χ3v) is 4.89. The monoisotopic (exact) mass is 332 g/mol. The highest BCUT2D eigenvalue weighted by atomic mass is 79.9. The van der Waals surface area contributed by atoms with Gasteiger partial charge in [-0.1, -0.05) is 40.3 Å². The Labute approximate surface area is 116 Å². The predicted molar refractivity (Wildman–Crippen MR) is 71.0 cm³/mol. The summed E-state index contributed by atoms with van der Waals surface area (Å²) in [4.78, 5) is 0.182. The van der Waals surface area contributed by atoms with E-state index in [9.17, 15) is 8.78 Å². The highest BCUT2D eigenvalue weighted by Gasteiger charge is 2.13. The minimum absolute atomic E-state index is 0.182. The maximum Gasteiger partial charge on any atom is 0.131 e. The number of rotatable bonds is 4. The van der Waals surface area contributed by atoms with Gasteiger partial charge in [0.15, 0.2) is 0 Å². The Morgan fingerprint density at radius 1 is 1.33 bits per heavy atom. The summed E-state index contributed by atoms with van der Waals surface area (Å²) in [5, 5.41) is 9.69. The summed E-state index contributed by atoms with van der Waals surface area (Å²) in [5.41, 5.74) is 0.432. The molecule has 0 amide bonds. The van der Waals surface area contributed by atoms with Crippen LogP contribution in [0.2, 0.25) is 0 Å². The fourth-order valence-electron chi connectivity index (χ4n) is 1.47. The Hall–Kier alpha value is -0.880. The third kappa shape index (κ3) is 3.11. The Balaban J connectivity index is 2.16. The van der Waals surface area contributed by atoms with Crippen molar-refractivity contribution < 1.29 is 8.78 Å². The van der Waals surface area contributed by atoms with Crippen LogP contribution in [0.25, 0.3) is 0 Å². The van der Waals surface area contributed by atoms with Crippen molar-refractivity contribution in [3.05, 3.63) is 45.4 Å². The normalized spacial score (nSPS) is 12.7. The lowest BCUT2D eigenvalue weighted by molar-refractivity contribution is 0.574. The van der Waals surface area contributed by atoms with Crippen molar-refractivity contribution in [2.24, 2.45) is 0 Å². The molecule has 6 heteroatoms. The standard InChI is InChI=1S/C12H11BrF2N2S/c1-2-9(13)12-17-16-11(18-12)5-7-3-4-8(14)6-10(7)15/h3-4,6,9H,2,5H2,1H3. The molecule has 0 radical (unpaired) electrons. The van der Waals surface area contributed by atoms with Crippen LogP contribution < -0.4 is 0 Å². The number of halogens is 3. The lowest BCUT2D eigenvalue weighted by Crippen LogP contribution is -1.93. The summed E-state index contributed by atoms with van der Waals surface area (Å²) in [6.45, 7) is 2.04. The molecule has 0 aliphatic heterocycles. The van der Waals surface area contributed by atoms with E-state index in [2.05, 4.69) is 26.1 Å². The van der Waals surface area contributed by atoms with Gasteiger partial charge in [-0.3, -0.25) is 0 Å². The van der Waals surface area contributed by atoms with Gasteiger partial charge in [0.25, 0.3) is 0 Å². The highest BCUT2D eigenvalue weighted by molar-refractivity contribution is 9.09. The van der Waals surface area contributed by atoms with Crippen LogP contribution in [0.15, 0.2) is 18.2 Å². The number of alkyl halides is 1. The fourth-order valence-corrected chi connectivity index (χ4v) is 2.77. The van der Waals surface area contributed by atoms with E-state index in [-0.39, 0.29) is 4.83 Å². The van der Waals surface area contributed by atoms with Crippen LogP contribution in [0.4, 0.5) is 8.78 Å². The van der Waals surface area contributed by atoms with Gasteiger partial charge >= 0.3 is 0 Å². The first-order valence-electron chi connectivity index (χ1n) is 5.50. The van der Waals surface area contributed by atoms with Crippen LogP contribution >= 0.6 is 27.3 Å². The van der Waals surface area contributed by atoms with Crippen LogP contribution in [-0.2, 0) is 6.42 Å². The molecule has 2 rings (SSSR count). The zero-order chi connectivity index (χ0) is 13.1. The van der Waals surface area contributed by atoms with Gasteiger partial charge in [0.05, 0.1) is 4.83 Å². The van der Waals surface area contributed by atoms with Crippen molar-refractivity contribution in [2.75, 3.05) is 0 Å². The van der Waals surface area contributed by atoms with Gasteiger partial charge in [0, 0.05) is 12.5 Å². The molecule has 0 aliphatic carbocycles. The summed E-state index contributed by atoms with van der Waals surface area (Å²) in [7, 11) is 0. The Morgan fingerprint density at radius 3 is 2.78 bits per heavy atom. The van der Waals surface area contributed by atoms with Gasteiger partial charge < -0.3 is 0 Å². The SMILES string of the molecule is CCC(Br)c1nnc(Cc2ccc(F)cc2F)s1. The Kier molecular flexibility index (Phi) is 4.40. The molecule has 0 spiro atoms. The Bertz CT molecular complexity index is 545. The quantitative estimate of drug-likeness (QED) is 0.782. The number of hydrogen-bond donors (Lipinski definition) is 0. The van der Waals surface area contributed by atoms with Gasteiger partial charge in [0.1, 0.15) is 21.6 Å². The summed E-state index contributed by atoms with van der Waals surface area (Å²) in [6.07, 6.45) is 1.26. The van der Waals surface area contributed by atoms with Gasteiger partial charge in [-0.15, -0.1) is 10.2 Å². The summed E-state index contributed by atoms with van der Waals surface area (Å²) < 4.78 is 26.2. The number of nitrogens with zero attached hydrogens (tertiary/aromatic N) is 2. The summed E-state index contributed by atoms with van der Waals surface area (Å²) in [6, 6.07) is 3.58. The number of aromatic nitrogens is 2. The van der Waals surface area contributed by atoms with Crippen molar-refractivity contribution >= 4 is 27.3 Å². The minimum atomic E-state index is -0.569. The largest absolute Gasteiger partial charge is 0.207 e. The maximum absolute atomic E-state index is 13.5. The van der Waals surface area contributed by atoms with E-state index in [1.54, 1.807) is 0 Å². The zero-order valence-electron chi connectivity index (χ0n) is 9.66. The highest BCUT2D eigenvalue weighted by Crippen LogP contribution is 2.29. The second-order valence-corrected chi connectivity index (χ2v) is 6.02. The van der Waals surface area contributed by atoms with Crippen LogP contribution in [-0.4, -0.2) is 10.2 Å². The molecular weight excluding hydrogens is 322 g/mol. The molecular formula is C12H11BrF2N2S. The van der Waals surface area contributed by atoms with Crippen LogP contribution in [0.5, 0.6) is 0 Å². The van der Waals surface area contributed by atoms with Crippen molar-refractivity contribution in [2.45, 2.75) is 24.6 Å². The second-order valence-electron chi connectivity index (χ2n) is 3.82. The molecule has 0 saturated carbocycles. The van der Waals surface area contributed by atoms with Crippen molar-refractivity contribution in [3.8, 4) is 0 Å². The average molecular weight is 333 g/mol. The first-order valence-corrected chi connectivity index (χ1v) is 7.23. The van der Waals surface area contributed by atoms with Crippen LogP contribution in [0, 0.1) is 11.6 Å². The van der Waals surface area contributed by atoms with Crippen LogP contribution in [0.3, 0.4) is 0 Å². The van der Waals surface area contributed by atoms with Gasteiger partial charge in [-0.2, -0.15) is 0 Å². The van der Waals surface area contributed by atoms with Crippen molar-refractivity contribution in [1.82, 2.24) is 10.2 Å². The second kappa shape index (κ2) is 5.84. The third-order valence-electron chi connectivity index (χ3n) is 2.47. The van der Waals surface area contributed by atoms with E-state index in [4.69, 9.17) is 0 Å². The molecule has 1 aromatic heterocycles. The number of hydrogen-bond acceptors (Lipinski definition) is 3. The average Bonchev–Trinajstić information content (AvgIpc) is 2.80. The maximum atomic E-state index is 13.5. The molecule has 0 saturated heterocycles. The first-order chi connectivity index (χ1) is 8.60. The van der Waals surface area contributed by atoms with Gasteiger partial charge in [-0.25, -0.2) is 8.78 Å². The van der Waals surface area contributed by atoms with Crippen LogP contribution in [0.1, 0.15) is 33.8 Å². The van der Waals surface area contributed by atoms with Gasteiger partial charge in [0.2, 0.25) is 0 Å². The molecule has 1 unspecified atom stereocenters. The molecule has 1 atom stereocenters. The molecule has 0 fully saturated rings. The molecule has 0 N–H and O–H groups in total. The van der Waals surface area contributed by atoms with E-state index in [1.807, 2.05) is 6.92 Å². The van der Waals surface area contributed by atoms with E-state index < -0.39 is 11.6 Å². The smallest absolute Gasteiger partial charge is 0.131 e. The summed E-state index contributed by atoms with van der Waals surface area (Å²) in [5.74, 6) is -1.11. The zero-order valence-corrected chi connectivity index (χ0v) is 12.1. The molecule has 1 heterocycles. The van der Waals surface area contributed by atoms with E-state index in [0.717, 1.165) is 22.5 Å². The molecule has 2 aromatic rings. The lowest BCUT2D eigenvalue weighted by Gasteiger charge is -2.00. The minimum Gasteiger partial charge on any atom is -0.207 e. The molecule has 2 nitrogen and oxygen atoms in total. The van der Waals surface area contributed by atoms with Crippen molar-refractivity contribution in [3.63, 3.8) is 0 Å². The molecule has 0 bridgehead atoms. The predicted octanol–water partition coefficient (Wildman–Crippen LogP) is 4.25. The molecule has 1 aromatic carbocycles. The lowest BCUT2D eigenvalue weighted by atomic mass is 10.1. The van der Waals surface area contributed by atoms with E-state index in [1.165, 1.54) is 23.5 Å². The topological polar surface area (TPSA) is 25.8 Å². The van der Waals surface area contributed by atoms with E-state index >= 15 is 0 Å². The fraction of sp³-hybridized carbons (Fsp3) is 0.333. The van der Waals surface area contributed by atoms with Crippen molar-refractivity contribution in [1.29, 1.82) is 0 Å². The van der Waals surface area contributed by atoms with Gasteiger partial charge in [-0.05, 0) is 18.1 Å². The first kappa shape index (κ1) is 13.5. The molecule has 96 valence electrons. The number of benzene rings is 1. The molecule has 0 aliphatic rings. The summed E-state index contributed by atoms with van der Waals surface area (Å²) >= 11 is 4.94.